The molecular formula is C24H20F2N2O3S. The van der Waals surface area contributed by atoms with Gasteiger partial charge in [-0.15, -0.1) is 11.8 Å². The molecule has 2 amide bonds. The number of benzene rings is 3. The van der Waals surface area contributed by atoms with Crippen LogP contribution >= 0.6 is 11.8 Å². The zero-order valence-corrected chi connectivity index (χ0v) is 17.8. The van der Waals surface area contributed by atoms with Crippen LogP contribution in [0.5, 0.6) is 5.75 Å². The number of para-hydroxylation sites is 1. The maximum absolute atomic E-state index is 12.8. The Morgan fingerprint density at radius 3 is 2.50 bits per heavy atom. The van der Waals surface area contributed by atoms with Crippen molar-refractivity contribution in [3.8, 4) is 5.75 Å². The average Bonchev–Trinajstić information content (AvgIpc) is 3.23. The third-order valence-corrected chi connectivity index (χ3v) is 6.07. The van der Waals surface area contributed by atoms with Crippen LogP contribution in [0.3, 0.4) is 0 Å². The van der Waals surface area contributed by atoms with Gasteiger partial charge in [-0.1, -0.05) is 30.3 Å². The van der Waals surface area contributed by atoms with Gasteiger partial charge in [0.15, 0.2) is 0 Å². The summed E-state index contributed by atoms with van der Waals surface area (Å²) >= 11 is 1.31. The Labute approximate surface area is 188 Å². The van der Waals surface area contributed by atoms with Crippen LogP contribution in [0, 0.1) is 0 Å². The fourth-order valence-electron chi connectivity index (χ4n) is 3.51. The number of ether oxygens (including phenoxy) is 1. The van der Waals surface area contributed by atoms with Gasteiger partial charge in [0.1, 0.15) is 5.75 Å². The maximum Gasteiger partial charge on any atom is 0.387 e. The van der Waals surface area contributed by atoms with Gasteiger partial charge >= 0.3 is 6.61 Å². The molecule has 0 aliphatic carbocycles. The standard InChI is InChI=1S/C24H20F2N2O3S/c25-24(26)31-18-11-9-17(10-12-18)27-23(30)19-6-2-4-8-21(19)32-15-22(29)28-14-13-16-5-1-3-7-20(16)28/h1-12,24H,13-15H2,(H,27,30). The second kappa shape index (κ2) is 9.82. The first-order valence-corrected chi connectivity index (χ1v) is 11.0. The molecule has 1 N–H and O–H groups in total. The minimum atomic E-state index is -2.91. The van der Waals surface area contributed by atoms with Crippen molar-refractivity contribution in [3.05, 3.63) is 83.9 Å². The molecule has 5 nitrogen and oxygen atoms in total. The zero-order valence-electron chi connectivity index (χ0n) is 17.0. The highest BCUT2D eigenvalue weighted by Gasteiger charge is 2.24. The molecule has 0 saturated carbocycles. The van der Waals surface area contributed by atoms with E-state index in [1.165, 1.54) is 36.0 Å². The van der Waals surface area contributed by atoms with Crippen LogP contribution in [0.15, 0.2) is 77.7 Å². The quantitative estimate of drug-likeness (QED) is 0.497. The van der Waals surface area contributed by atoms with Crippen LogP contribution in [-0.4, -0.2) is 30.7 Å². The lowest BCUT2D eigenvalue weighted by molar-refractivity contribution is -0.116. The molecular weight excluding hydrogens is 434 g/mol. The molecule has 1 aliphatic heterocycles. The molecule has 0 spiro atoms. The molecule has 1 heterocycles. The number of thioether (sulfide) groups is 1. The predicted octanol–water partition coefficient (Wildman–Crippen LogP) is 5.22. The summed E-state index contributed by atoms with van der Waals surface area (Å²) in [7, 11) is 0. The Morgan fingerprint density at radius 2 is 1.72 bits per heavy atom. The van der Waals surface area contributed by atoms with Gasteiger partial charge < -0.3 is 15.0 Å². The van der Waals surface area contributed by atoms with Crippen molar-refractivity contribution in [1.29, 1.82) is 0 Å². The normalized spacial score (nSPS) is 12.5. The molecule has 1 aliphatic rings. The van der Waals surface area contributed by atoms with Gasteiger partial charge in [-0.25, -0.2) is 0 Å². The maximum atomic E-state index is 12.8. The number of nitrogens with zero attached hydrogens (tertiary/aromatic N) is 1. The van der Waals surface area contributed by atoms with Crippen molar-refractivity contribution >= 4 is 35.0 Å². The molecule has 0 saturated heterocycles. The monoisotopic (exact) mass is 454 g/mol. The number of anilines is 2. The first-order valence-electron chi connectivity index (χ1n) is 9.97. The SMILES string of the molecule is O=C(Nc1ccc(OC(F)F)cc1)c1ccccc1SCC(=O)N1CCc2ccccc21. The van der Waals surface area contributed by atoms with E-state index in [9.17, 15) is 18.4 Å². The van der Waals surface area contributed by atoms with Gasteiger partial charge in [0.2, 0.25) is 5.91 Å². The Bertz CT molecular complexity index is 1120. The first-order chi connectivity index (χ1) is 15.5. The van der Waals surface area contributed by atoms with Crippen molar-refractivity contribution < 1.29 is 23.1 Å². The Morgan fingerprint density at radius 1 is 1.00 bits per heavy atom. The van der Waals surface area contributed by atoms with E-state index in [0.29, 0.717) is 22.7 Å². The summed E-state index contributed by atoms with van der Waals surface area (Å²) in [5.74, 6) is -0.145. The summed E-state index contributed by atoms with van der Waals surface area (Å²) in [4.78, 5) is 28.1. The predicted molar refractivity (Wildman–Crippen MR) is 121 cm³/mol. The van der Waals surface area contributed by atoms with Gasteiger partial charge in [0.25, 0.3) is 5.91 Å². The molecule has 0 atom stereocenters. The zero-order chi connectivity index (χ0) is 22.5. The highest BCUT2D eigenvalue weighted by atomic mass is 32.2. The number of carbonyl (C=O) groups excluding carboxylic acids is 2. The number of hydrogen-bond acceptors (Lipinski definition) is 4. The van der Waals surface area contributed by atoms with Crippen molar-refractivity contribution in [2.45, 2.75) is 17.9 Å². The third-order valence-electron chi connectivity index (χ3n) is 5.01. The van der Waals surface area contributed by atoms with Crippen molar-refractivity contribution in [2.75, 3.05) is 22.5 Å². The smallest absolute Gasteiger partial charge is 0.387 e. The summed E-state index contributed by atoms with van der Waals surface area (Å²) in [6, 6.07) is 20.6. The first kappa shape index (κ1) is 21.8. The molecule has 3 aromatic rings. The number of hydrogen-bond donors (Lipinski definition) is 1. The Hall–Kier alpha value is -3.39. The lowest BCUT2D eigenvalue weighted by Crippen LogP contribution is -2.30. The summed E-state index contributed by atoms with van der Waals surface area (Å²) in [5, 5.41) is 2.74. The number of rotatable bonds is 7. The van der Waals surface area contributed by atoms with Crippen LogP contribution < -0.4 is 15.0 Å². The molecule has 164 valence electrons. The van der Waals surface area contributed by atoms with Crippen LogP contribution in [0.2, 0.25) is 0 Å². The minimum Gasteiger partial charge on any atom is -0.435 e. The number of alkyl halides is 2. The molecule has 4 rings (SSSR count). The lowest BCUT2D eigenvalue weighted by Gasteiger charge is -2.17. The van der Waals surface area contributed by atoms with Crippen molar-refractivity contribution in [2.24, 2.45) is 0 Å². The van der Waals surface area contributed by atoms with Gasteiger partial charge in [0.05, 0.1) is 11.3 Å². The van der Waals surface area contributed by atoms with Gasteiger partial charge in [-0.05, 0) is 54.4 Å². The second-order valence-corrected chi connectivity index (χ2v) is 8.08. The molecule has 0 unspecified atom stereocenters. The number of nitrogens with one attached hydrogen (secondary N) is 1. The largest absolute Gasteiger partial charge is 0.435 e. The average molecular weight is 454 g/mol. The van der Waals surface area contributed by atoms with Gasteiger partial charge in [-0.3, -0.25) is 9.59 Å². The second-order valence-electron chi connectivity index (χ2n) is 7.07. The lowest BCUT2D eigenvalue weighted by atomic mass is 10.2. The highest BCUT2D eigenvalue weighted by molar-refractivity contribution is 8.00. The van der Waals surface area contributed by atoms with E-state index < -0.39 is 6.61 Å². The van der Waals surface area contributed by atoms with Crippen LogP contribution in [0.25, 0.3) is 0 Å². The van der Waals surface area contributed by atoms with E-state index in [4.69, 9.17) is 0 Å². The van der Waals surface area contributed by atoms with Crippen LogP contribution in [0.1, 0.15) is 15.9 Å². The van der Waals surface area contributed by atoms with Crippen LogP contribution in [0.4, 0.5) is 20.2 Å². The fraction of sp³-hybridized carbons (Fsp3) is 0.167. The van der Waals surface area contributed by atoms with Gasteiger partial charge in [-0.2, -0.15) is 8.78 Å². The van der Waals surface area contributed by atoms with Crippen LogP contribution in [-0.2, 0) is 11.2 Å². The topological polar surface area (TPSA) is 58.6 Å². The third kappa shape index (κ3) is 5.08. The molecule has 0 bridgehead atoms. The molecule has 3 aromatic carbocycles. The molecule has 32 heavy (non-hydrogen) atoms. The Balaban J connectivity index is 1.40. The fourth-order valence-corrected chi connectivity index (χ4v) is 4.44. The number of amides is 2. The summed E-state index contributed by atoms with van der Waals surface area (Å²) in [6.45, 7) is -2.25. The van der Waals surface area contributed by atoms with Gasteiger partial charge in [0, 0.05) is 22.8 Å². The van der Waals surface area contributed by atoms with Crippen molar-refractivity contribution in [1.82, 2.24) is 0 Å². The van der Waals surface area contributed by atoms with E-state index in [1.807, 2.05) is 30.3 Å². The summed E-state index contributed by atoms with van der Waals surface area (Å²) in [6.07, 6.45) is 0.840. The molecule has 0 radical (unpaired) electrons. The van der Waals surface area contributed by atoms with E-state index >= 15 is 0 Å². The van der Waals surface area contributed by atoms with E-state index in [-0.39, 0.29) is 23.3 Å². The summed E-state index contributed by atoms with van der Waals surface area (Å²) < 4.78 is 28.9. The molecule has 8 heteroatoms. The van der Waals surface area contributed by atoms with E-state index in [1.54, 1.807) is 23.1 Å². The van der Waals surface area contributed by atoms with Crippen molar-refractivity contribution in [3.63, 3.8) is 0 Å². The number of carbonyl (C=O) groups is 2. The molecule has 0 aromatic heterocycles. The van der Waals surface area contributed by atoms with E-state index in [2.05, 4.69) is 10.1 Å². The minimum absolute atomic E-state index is 0.00946. The van der Waals surface area contributed by atoms with E-state index in [0.717, 1.165) is 17.7 Å². The molecule has 0 fully saturated rings. The number of fused-ring (bicyclic) bond motifs is 1. The number of halogens is 2. The Kier molecular flexibility index (Phi) is 6.70. The highest BCUT2D eigenvalue weighted by Crippen LogP contribution is 2.30. The summed E-state index contributed by atoms with van der Waals surface area (Å²) in [5.41, 5.74) is 2.99.